The quantitative estimate of drug-likeness (QED) is 0.554. The number of hydrogen-bond acceptors (Lipinski definition) is 2. The van der Waals surface area contributed by atoms with E-state index in [1.165, 1.54) is 0 Å². The van der Waals surface area contributed by atoms with Crippen LogP contribution in [0.15, 0.2) is 0 Å². The van der Waals surface area contributed by atoms with Gasteiger partial charge in [0.15, 0.2) is 0 Å². The van der Waals surface area contributed by atoms with Crippen LogP contribution < -0.4 is 0 Å². The first kappa shape index (κ1) is 9.94. The number of carboxylic acid groups (broad SMARTS) is 1. The highest BCUT2D eigenvalue weighted by atomic mass is 16.4. The van der Waals surface area contributed by atoms with Crippen molar-refractivity contribution >= 4 is 11.9 Å². The number of amides is 1. The van der Waals surface area contributed by atoms with Crippen molar-refractivity contribution in [3.05, 3.63) is 0 Å². The molecule has 64 valence electrons. The van der Waals surface area contributed by atoms with E-state index in [4.69, 9.17) is 9.90 Å². The van der Waals surface area contributed by atoms with E-state index in [2.05, 4.69) is 0 Å². The third-order valence-corrected chi connectivity index (χ3v) is 1.31. The Labute approximate surface area is 65.8 Å². The Bertz CT molecular complexity index is 152. The SMILES string of the molecule is CC(=O)O.CN1CCCC1=O. The highest BCUT2D eigenvalue weighted by Gasteiger charge is 2.14. The average molecular weight is 159 g/mol. The number of likely N-dealkylation sites (tertiary alicyclic amines) is 1. The predicted octanol–water partition coefficient (Wildman–Crippen LogP) is 0.329. The van der Waals surface area contributed by atoms with E-state index in [0.717, 1.165) is 26.3 Å². The van der Waals surface area contributed by atoms with Crippen LogP contribution in [0.5, 0.6) is 0 Å². The molecule has 0 radical (unpaired) electrons. The standard InChI is InChI=1S/C5H9NO.C2H4O2/c1-6-4-2-3-5(6)7;1-2(3)4/h2-4H2,1H3;1H3,(H,3,4). The van der Waals surface area contributed by atoms with E-state index in [0.29, 0.717) is 5.91 Å². The van der Waals surface area contributed by atoms with E-state index in [1.54, 1.807) is 4.90 Å². The Kier molecular flexibility index (Phi) is 4.26. The Hall–Kier alpha value is -1.06. The maximum atomic E-state index is 10.5. The first-order valence-electron chi connectivity index (χ1n) is 3.47. The van der Waals surface area contributed by atoms with Gasteiger partial charge in [0.1, 0.15) is 0 Å². The topological polar surface area (TPSA) is 57.6 Å². The van der Waals surface area contributed by atoms with Crippen molar-refractivity contribution in [1.82, 2.24) is 4.90 Å². The fourth-order valence-electron chi connectivity index (χ4n) is 0.783. The maximum absolute atomic E-state index is 10.5. The molecule has 0 bridgehead atoms. The third kappa shape index (κ3) is 5.39. The molecule has 0 atom stereocenters. The normalized spacial score (nSPS) is 15.8. The van der Waals surface area contributed by atoms with Crippen molar-refractivity contribution in [2.45, 2.75) is 19.8 Å². The van der Waals surface area contributed by atoms with Gasteiger partial charge in [-0.25, -0.2) is 0 Å². The van der Waals surface area contributed by atoms with Crippen LogP contribution in [0.25, 0.3) is 0 Å². The molecule has 0 aliphatic carbocycles. The van der Waals surface area contributed by atoms with Crippen LogP contribution in [0.3, 0.4) is 0 Å². The first-order valence-corrected chi connectivity index (χ1v) is 3.47. The molecular weight excluding hydrogens is 146 g/mol. The van der Waals surface area contributed by atoms with Crippen LogP contribution >= 0.6 is 0 Å². The lowest BCUT2D eigenvalue weighted by Crippen LogP contribution is -2.17. The Morgan fingerprint density at radius 1 is 1.64 bits per heavy atom. The number of aliphatic carboxylic acids is 1. The second-order valence-corrected chi connectivity index (χ2v) is 2.44. The van der Waals surface area contributed by atoms with Gasteiger partial charge in [-0.3, -0.25) is 9.59 Å². The molecule has 0 unspecified atom stereocenters. The summed E-state index contributed by atoms with van der Waals surface area (Å²) in [5, 5.41) is 7.42. The average Bonchev–Trinajstić information content (AvgIpc) is 2.15. The van der Waals surface area contributed by atoms with Crippen molar-refractivity contribution in [3.8, 4) is 0 Å². The minimum Gasteiger partial charge on any atom is -0.481 e. The molecule has 1 aliphatic heterocycles. The maximum Gasteiger partial charge on any atom is 0.300 e. The van der Waals surface area contributed by atoms with Crippen LogP contribution in [0, 0.1) is 0 Å². The van der Waals surface area contributed by atoms with E-state index in [1.807, 2.05) is 7.05 Å². The van der Waals surface area contributed by atoms with Crippen molar-refractivity contribution < 1.29 is 14.7 Å². The van der Waals surface area contributed by atoms with Crippen LogP contribution in [-0.2, 0) is 9.59 Å². The molecule has 1 heterocycles. The summed E-state index contributed by atoms with van der Waals surface area (Å²) >= 11 is 0. The minimum atomic E-state index is -0.833. The van der Waals surface area contributed by atoms with Gasteiger partial charge in [-0.05, 0) is 6.42 Å². The van der Waals surface area contributed by atoms with E-state index < -0.39 is 5.97 Å². The minimum absolute atomic E-state index is 0.292. The summed E-state index contributed by atoms with van der Waals surface area (Å²) in [5.41, 5.74) is 0. The number of carboxylic acids is 1. The molecule has 0 aromatic carbocycles. The Morgan fingerprint density at radius 3 is 2.18 bits per heavy atom. The number of carbonyl (C=O) groups excluding carboxylic acids is 1. The lowest BCUT2D eigenvalue weighted by atomic mass is 10.4. The predicted molar refractivity (Wildman–Crippen MR) is 40.2 cm³/mol. The summed E-state index contributed by atoms with van der Waals surface area (Å²) in [4.78, 5) is 21.3. The summed E-state index contributed by atoms with van der Waals surface area (Å²) in [6.07, 6.45) is 1.81. The van der Waals surface area contributed by atoms with Gasteiger partial charge in [-0.1, -0.05) is 0 Å². The van der Waals surface area contributed by atoms with Gasteiger partial charge in [0.25, 0.3) is 5.97 Å². The largest absolute Gasteiger partial charge is 0.481 e. The van der Waals surface area contributed by atoms with Gasteiger partial charge >= 0.3 is 0 Å². The molecule has 0 aromatic rings. The second-order valence-electron chi connectivity index (χ2n) is 2.44. The molecule has 0 spiro atoms. The summed E-state index contributed by atoms with van der Waals surface area (Å²) in [7, 11) is 1.84. The molecule has 1 fully saturated rings. The smallest absolute Gasteiger partial charge is 0.300 e. The van der Waals surface area contributed by atoms with E-state index >= 15 is 0 Å². The fourth-order valence-corrected chi connectivity index (χ4v) is 0.783. The van der Waals surface area contributed by atoms with Gasteiger partial charge in [0.2, 0.25) is 5.91 Å². The highest BCUT2D eigenvalue weighted by Crippen LogP contribution is 2.04. The molecule has 4 nitrogen and oxygen atoms in total. The van der Waals surface area contributed by atoms with Gasteiger partial charge in [0.05, 0.1) is 0 Å². The molecule has 1 amide bonds. The zero-order valence-corrected chi connectivity index (χ0v) is 6.83. The molecule has 11 heavy (non-hydrogen) atoms. The van der Waals surface area contributed by atoms with Crippen molar-refractivity contribution in [2.75, 3.05) is 13.6 Å². The molecule has 1 rings (SSSR count). The first-order chi connectivity index (χ1) is 5.04. The van der Waals surface area contributed by atoms with Crippen LogP contribution in [0.1, 0.15) is 19.8 Å². The van der Waals surface area contributed by atoms with Gasteiger partial charge < -0.3 is 10.0 Å². The molecule has 1 N–H and O–H groups in total. The number of hydrogen-bond donors (Lipinski definition) is 1. The Balaban J connectivity index is 0.000000218. The Morgan fingerprint density at radius 2 is 2.09 bits per heavy atom. The van der Waals surface area contributed by atoms with Gasteiger partial charge in [-0.15, -0.1) is 0 Å². The lowest BCUT2D eigenvalue weighted by Gasteiger charge is -2.03. The van der Waals surface area contributed by atoms with Crippen molar-refractivity contribution in [3.63, 3.8) is 0 Å². The summed E-state index contributed by atoms with van der Waals surface area (Å²) in [6, 6.07) is 0. The third-order valence-electron chi connectivity index (χ3n) is 1.31. The number of rotatable bonds is 0. The summed E-state index contributed by atoms with van der Waals surface area (Å²) in [5.74, 6) is -0.542. The molecule has 1 aliphatic rings. The van der Waals surface area contributed by atoms with Crippen molar-refractivity contribution in [1.29, 1.82) is 0 Å². The fraction of sp³-hybridized carbons (Fsp3) is 0.714. The zero-order chi connectivity index (χ0) is 8.85. The zero-order valence-electron chi connectivity index (χ0n) is 6.83. The molecule has 1 saturated heterocycles. The molecular formula is C7H13NO3. The van der Waals surface area contributed by atoms with Crippen LogP contribution in [0.4, 0.5) is 0 Å². The van der Waals surface area contributed by atoms with Gasteiger partial charge in [0, 0.05) is 26.9 Å². The number of nitrogens with zero attached hydrogens (tertiary/aromatic N) is 1. The summed E-state index contributed by atoms with van der Waals surface area (Å²) < 4.78 is 0. The van der Waals surface area contributed by atoms with Crippen molar-refractivity contribution in [2.24, 2.45) is 0 Å². The van der Waals surface area contributed by atoms with Crippen LogP contribution in [0.2, 0.25) is 0 Å². The monoisotopic (exact) mass is 159 g/mol. The lowest BCUT2D eigenvalue weighted by molar-refractivity contribution is -0.134. The molecule has 4 heteroatoms. The highest BCUT2D eigenvalue weighted by molar-refractivity contribution is 5.77. The second kappa shape index (κ2) is 4.71. The summed E-state index contributed by atoms with van der Waals surface area (Å²) in [6.45, 7) is 2.04. The van der Waals surface area contributed by atoms with E-state index in [-0.39, 0.29) is 0 Å². The van der Waals surface area contributed by atoms with Crippen LogP contribution in [-0.4, -0.2) is 35.5 Å². The molecule has 0 aromatic heterocycles. The van der Waals surface area contributed by atoms with Gasteiger partial charge in [-0.2, -0.15) is 0 Å². The number of carbonyl (C=O) groups is 2. The van der Waals surface area contributed by atoms with E-state index in [9.17, 15) is 4.79 Å². The molecule has 0 saturated carbocycles.